The summed E-state index contributed by atoms with van der Waals surface area (Å²) in [5.74, 6) is 0.298. The van der Waals surface area contributed by atoms with Crippen molar-refractivity contribution in [3.8, 4) is 16.9 Å². The lowest BCUT2D eigenvalue weighted by Crippen LogP contribution is -2.01. The fourth-order valence-corrected chi connectivity index (χ4v) is 2.18. The second-order valence-corrected chi connectivity index (χ2v) is 6.93. The summed E-state index contributed by atoms with van der Waals surface area (Å²) in [4.78, 5) is 0. The van der Waals surface area contributed by atoms with Crippen LogP contribution in [0.25, 0.3) is 11.1 Å². The van der Waals surface area contributed by atoms with E-state index >= 15 is 0 Å². The van der Waals surface area contributed by atoms with Gasteiger partial charge < -0.3 is 4.74 Å². The van der Waals surface area contributed by atoms with E-state index < -0.39 is 22.2 Å². The Morgan fingerprint density at radius 1 is 0.773 bits per heavy atom. The van der Waals surface area contributed by atoms with Crippen molar-refractivity contribution in [1.82, 2.24) is 0 Å². The van der Waals surface area contributed by atoms with Crippen molar-refractivity contribution in [1.29, 1.82) is 0 Å². The fraction of sp³-hybridized carbons (Fsp3) is 0.0667. The van der Waals surface area contributed by atoms with Crippen LogP contribution in [0.3, 0.4) is 0 Å². The van der Waals surface area contributed by atoms with Crippen LogP contribution in [0, 0.1) is 0 Å². The van der Waals surface area contributed by atoms with Gasteiger partial charge in [0, 0.05) is 0 Å². The van der Waals surface area contributed by atoms with Crippen LogP contribution in [0.4, 0.5) is 19.4 Å². The van der Waals surface area contributed by atoms with Crippen molar-refractivity contribution in [3.05, 3.63) is 66.1 Å². The predicted octanol–water partition coefficient (Wildman–Crippen LogP) is 6.54. The van der Waals surface area contributed by atoms with Crippen molar-refractivity contribution in [2.45, 2.75) is 0 Å². The van der Waals surface area contributed by atoms with Crippen LogP contribution in [0.1, 0.15) is 0 Å². The maximum absolute atomic E-state index is 12.0. The molecule has 0 radical (unpaired) electrons. The van der Waals surface area contributed by atoms with Crippen molar-refractivity contribution >= 4 is 10.2 Å². The van der Waals surface area contributed by atoms with Gasteiger partial charge >= 0.3 is 10.2 Å². The summed E-state index contributed by atoms with van der Waals surface area (Å²) >= 11 is 0. The van der Waals surface area contributed by atoms with Crippen molar-refractivity contribution < 1.29 is 24.2 Å². The highest BCUT2D eigenvalue weighted by molar-refractivity contribution is 8.48. The Morgan fingerprint density at radius 2 is 1.32 bits per heavy atom. The van der Waals surface area contributed by atoms with E-state index in [1.807, 2.05) is 30.3 Å². The van der Waals surface area contributed by atoms with Crippen LogP contribution in [-0.4, -0.2) is 6.61 Å². The van der Waals surface area contributed by atoms with Gasteiger partial charge in [-0.2, -0.15) is 0 Å². The van der Waals surface area contributed by atoms with E-state index in [4.69, 9.17) is 4.74 Å². The van der Waals surface area contributed by atoms with E-state index in [9.17, 15) is 19.4 Å². The van der Waals surface area contributed by atoms with Gasteiger partial charge in [0.2, 0.25) is 0 Å². The van der Waals surface area contributed by atoms with E-state index in [1.54, 1.807) is 24.3 Å². The van der Waals surface area contributed by atoms with Gasteiger partial charge in [0.25, 0.3) is 0 Å². The Morgan fingerprint density at radius 3 is 1.86 bits per heavy atom. The molecule has 120 valence electrons. The number of benzene rings is 2. The summed E-state index contributed by atoms with van der Waals surface area (Å²) in [5, 5.41) is -1.00. The lowest BCUT2D eigenvalue weighted by Gasteiger charge is -2.36. The predicted molar refractivity (Wildman–Crippen MR) is 79.6 cm³/mol. The van der Waals surface area contributed by atoms with Gasteiger partial charge in [0.15, 0.2) is 0 Å². The molecular weight excluding hydrogens is 323 g/mol. The highest BCUT2D eigenvalue weighted by atomic mass is 32.5. The molecular formula is C15H13F5OS. The normalized spacial score (nSPS) is 15.3. The number of ether oxygens (including phenoxy) is 1. The van der Waals surface area contributed by atoms with Crippen molar-refractivity contribution in [3.63, 3.8) is 0 Å². The minimum Gasteiger partial charge on any atom is -0.490 e. The smallest absolute Gasteiger partial charge is 0.304 e. The second-order valence-electron chi connectivity index (χ2n) is 4.60. The minimum absolute atomic E-state index is 0.270. The lowest BCUT2D eigenvalue weighted by atomic mass is 10.1. The van der Waals surface area contributed by atoms with Crippen LogP contribution in [0.2, 0.25) is 0 Å². The summed E-state index contributed by atoms with van der Waals surface area (Å²) in [6.45, 7) is -0.587. The molecule has 0 aliphatic carbocycles. The zero-order chi connectivity index (χ0) is 16.3. The van der Waals surface area contributed by atoms with Crippen LogP contribution in [0.5, 0.6) is 5.75 Å². The molecule has 0 saturated carbocycles. The summed E-state index contributed by atoms with van der Waals surface area (Å²) in [6, 6.07) is 16.1. The Balaban J connectivity index is 1.97. The third kappa shape index (κ3) is 5.77. The molecule has 0 fully saturated rings. The molecule has 0 heterocycles. The van der Waals surface area contributed by atoms with Gasteiger partial charge in [0.1, 0.15) is 12.4 Å². The maximum atomic E-state index is 12.0. The number of hydrogen-bond donors (Lipinski definition) is 0. The van der Waals surface area contributed by atoms with E-state index in [0.29, 0.717) is 5.75 Å². The number of rotatable bonds is 5. The van der Waals surface area contributed by atoms with Gasteiger partial charge in [-0.15, -0.1) is 0 Å². The van der Waals surface area contributed by atoms with E-state index in [-0.39, 0.29) is 6.08 Å². The SMILES string of the molecule is FS(F)(F)(F)(F)/C=C/COc1ccc(-c2ccccc2)cc1. The van der Waals surface area contributed by atoms with E-state index in [0.717, 1.165) is 11.1 Å². The van der Waals surface area contributed by atoms with Crippen molar-refractivity contribution in [2.24, 2.45) is 0 Å². The molecule has 0 aliphatic heterocycles. The molecule has 2 rings (SSSR count). The van der Waals surface area contributed by atoms with Crippen LogP contribution < -0.4 is 4.74 Å². The molecule has 0 aromatic heterocycles. The van der Waals surface area contributed by atoms with Gasteiger partial charge in [-0.05, 0) is 29.3 Å². The molecule has 0 amide bonds. The fourth-order valence-electron chi connectivity index (χ4n) is 1.74. The molecule has 22 heavy (non-hydrogen) atoms. The minimum atomic E-state index is -9.50. The molecule has 1 nitrogen and oxygen atoms in total. The zero-order valence-corrected chi connectivity index (χ0v) is 12.1. The monoisotopic (exact) mass is 336 g/mol. The summed E-state index contributed by atoms with van der Waals surface area (Å²) < 4.78 is 65.2. The maximum Gasteiger partial charge on any atom is 0.304 e. The third-order valence-corrected chi connectivity index (χ3v) is 3.37. The van der Waals surface area contributed by atoms with Gasteiger partial charge in [-0.3, -0.25) is 0 Å². The Kier molecular flexibility index (Phi) is 3.73. The quantitative estimate of drug-likeness (QED) is 0.563. The van der Waals surface area contributed by atoms with Crippen LogP contribution in [0.15, 0.2) is 66.1 Å². The van der Waals surface area contributed by atoms with Gasteiger partial charge in [0.05, 0.1) is 5.41 Å². The molecule has 0 unspecified atom stereocenters. The Labute approximate surface area is 124 Å². The summed E-state index contributed by atoms with van der Waals surface area (Å²) in [6.07, 6.45) is 0.270. The standard InChI is InChI=1S/C15H13F5OS/c16-22(17,18,19,20)12-4-11-21-15-9-7-14(8-10-15)13-5-2-1-3-6-13/h1-10,12H,11H2/b12-4+. The first-order chi connectivity index (χ1) is 10.0. The molecule has 0 bridgehead atoms. The molecule has 0 N–H and O–H groups in total. The third-order valence-electron chi connectivity index (χ3n) is 2.66. The summed E-state index contributed by atoms with van der Waals surface area (Å²) in [5.41, 5.74) is 1.89. The first kappa shape index (κ1) is 16.4. The zero-order valence-electron chi connectivity index (χ0n) is 11.3. The van der Waals surface area contributed by atoms with Gasteiger partial charge in [-0.25, -0.2) is 0 Å². The molecule has 0 saturated heterocycles. The van der Waals surface area contributed by atoms with Crippen molar-refractivity contribution in [2.75, 3.05) is 6.61 Å². The molecule has 7 heteroatoms. The molecule has 2 aromatic rings. The van der Waals surface area contributed by atoms with Crippen LogP contribution >= 0.6 is 10.2 Å². The first-order valence-electron chi connectivity index (χ1n) is 6.22. The number of halogens is 5. The Hall–Kier alpha value is -2.02. The van der Waals surface area contributed by atoms with E-state index in [2.05, 4.69) is 0 Å². The molecule has 0 atom stereocenters. The topological polar surface area (TPSA) is 9.23 Å². The van der Waals surface area contributed by atoms with Gasteiger partial charge in [-0.1, -0.05) is 61.9 Å². The molecule has 0 aliphatic rings. The Bertz CT molecular complexity index is 663. The average molecular weight is 336 g/mol. The van der Waals surface area contributed by atoms with E-state index in [1.165, 1.54) is 0 Å². The molecule has 2 aromatic carbocycles. The highest BCUT2D eigenvalue weighted by Gasteiger charge is 2.60. The number of hydrogen-bond acceptors (Lipinski definition) is 1. The second kappa shape index (κ2) is 5.01. The van der Waals surface area contributed by atoms with Crippen LogP contribution in [-0.2, 0) is 0 Å². The lowest BCUT2D eigenvalue weighted by molar-refractivity contribution is 0.359. The molecule has 0 spiro atoms. The summed E-state index contributed by atoms with van der Waals surface area (Å²) in [7, 11) is -9.50. The first-order valence-corrected chi connectivity index (χ1v) is 8.24. The average Bonchev–Trinajstić information content (AvgIpc) is 2.43. The highest BCUT2D eigenvalue weighted by Crippen LogP contribution is 2.98. The largest absolute Gasteiger partial charge is 0.490 e.